The predicted octanol–water partition coefficient (Wildman–Crippen LogP) is 1.83. The van der Waals surface area contributed by atoms with Crippen molar-refractivity contribution in [2.45, 2.75) is 20.4 Å². The van der Waals surface area contributed by atoms with Crippen LogP contribution >= 0.6 is 0 Å². The SMILES string of the molecule is Cc1nn(C)c(C)c1CN1C(=O)c2ccccc2C1=O. The summed E-state index contributed by atoms with van der Waals surface area (Å²) in [6, 6.07) is 6.93. The van der Waals surface area contributed by atoms with Crippen molar-refractivity contribution < 1.29 is 9.59 Å². The van der Waals surface area contributed by atoms with Crippen LogP contribution in [0.25, 0.3) is 0 Å². The number of amides is 2. The summed E-state index contributed by atoms with van der Waals surface area (Å²) in [6.07, 6.45) is 0. The van der Waals surface area contributed by atoms with Crippen molar-refractivity contribution in [1.82, 2.24) is 14.7 Å². The number of imide groups is 1. The Hall–Kier alpha value is -2.43. The predicted molar refractivity (Wildman–Crippen MR) is 73.3 cm³/mol. The molecule has 2 heterocycles. The van der Waals surface area contributed by atoms with Crippen LogP contribution in [0.4, 0.5) is 0 Å². The molecule has 1 aliphatic rings. The van der Waals surface area contributed by atoms with E-state index in [2.05, 4.69) is 5.10 Å². The van der Waals surface area contributed by atoms with Crippen LogP contribution in [0.3, 0.4) is 0 Å². The molecule has 2 aromatic rings. The van der Waals surface area contributed by atoms with E-state index < -0.39 is 0 Å². The molecule has 0 unspecified atom stereocenters. The molecular formula is C15H15N3O2. The third-order valence-electron chi connectivity index (χ3n) is 3.85. The summed E-state index contributed by atoms with van der Waals surface area (Å²) in [6.45, 7) is 4.10. The fourth-order valence-electron chi connectivity index (χ4n) is 2.59. The standard InChI is InChI=1S/C15H15N3O2/c1-9-13(10(2)17(3)16-9)8-18-14(19)11-6-4-5-7-12(11)15(18)20/h4-7H,8H2,1-3H3. The second-order valence-corrected chi connectivity index (χ2v) is 5.02. The molecule has 3 rings (SSSR count). The maximum Gasteiger partial charge on any atom is 0.261 e. The van der Waals surface area contributed by atoms with Crippen LogP contribution in [0.15, 0.2) is 24.3 Å². The fraction of sp³-hybridized carbons (Fsp3) is 0.267. The van der Waals surface area contributed by atoms with Gasteiger partial charge in [0.2, 0.25) is 0 Å². The Morgan fingerprint density at radius 3 is 2.05 bits per heavy atom. The Bertz CT molecular complexity index is 696. The van der Waals surface area contributed by atoms with Gasteiger partial charge in [-0.05, 0) is 26.0 Å². The van der Waals surface area contributed by atoms with E-state index in [1.807, 2.05) is 20.9 Å². The molecule has 0 N–H and O–H groups in total. The number of carbonyl (C=O) groups excluding carboxylic acids is 2. The van der Waals surface area contributed by atoms with Crippen molar-refractivity contribution in [3.8, 4) is 0 Å². The molecule has 0 radical (unpaired) electrons. The Morgan fingerprint density at radius 2 is 1.60 bits per heavy atom. The van der Waals surface area contributed by atoms with Gasteiger partial charge in [0.25, 0.3) is 11.8 Å². The highest BCUT2D eigenvalue weighted by Gasteiger charge is 2.35. The minimum atomic E-state index is -0.228. The average Bonchev–Trinajstić information content (AvgIpc) is 2.82. The molecule has 2 amide bonds. The van der Waals surface area contributed by atoms with Crippen LogP contribution in [-0.2, 0) is 13.6 Å². The minimum absolute atomic E-state index is 0.228. The molecule has 1 aliphatic heterocycles. The molecule has 0 fully saturated rings. The molecule has 102 valence electrons. The summed E-state index contributed by atoms with van der Waals surface area (Å²) < 4.78 is 1.77. The first kappa shape index (κ1) is 12.6. The second kappa shape index (κ2) is 4.30. The van der Waals surface area contributed by atoms with Gasteiger partial charge in [0.1, 0.15) is 0 Å². The van der Waals surface area contributed by atoms with E-state index in [0.29, 0.717) is 11.1 Å². The highest BCUT2D eigenvalue weighted by molar-refractivity contribution is 6.21. The first-order chi connectivity index (χ1) is 9.50. The molecule has 1 aromatic heterocycles. The van der Waals surface area contributed by atoms with Crippen molar-refractivity contribution in [3.63, 3.8) is 0 Å². The van der Waals surface area contributed by atoms with Crippen molar-refractivity contribution in [2.24, 2.45) is 7.05 Å². The number of benzene rings is 1. The van der Waals surface area contributed by atoms with Crippen molar-refractivity contribution >= 4 is 11.8 Å². The lowest BCUT2D eigenvalue weighted by Gasteiger charge is -2.14. The van der Waals surface area contributed by atoms with E-state index in [1.54, 1.807) is 28.9 Å². The van der Waals surface area contributed by atoms with Crippen LogP contribution < -0.4 is 0 Å². The number of hydrogen-bond acceptors (Lipinski definition) is 3. The van der Waals surface area contributed by atoms with Gasteiger partial charge >= 0.3 is 0 Å². The number of fused-ring (bicyclic) bond motifs is 1. The van der Waals surface area contributed by atoms with Gasteiger partial charge in [0.05, 0.1) is 23.4 Å². The zero-order chi connectivity index (χ0) is 14.4. The quantitative estimate of drug-likeness (QED) is 0.782. The van der Waals surface area contributed by atoms with Gasteiger partial charge in [-0.2, -0.15) is 5.10 Å². The van der Waals surface area contributed by atoms with Crippen LogP contribution in [0, 0.1) is 13.8 Å². The second-order valence-electron chi connectivity index (χ2n) is 5.02. The molecule has 0 bridgehead atoms. The average molecular weight is 269 g/mol. The van der Waals surface area contributed by atoms with Crippen molar-refractivity contribution in [1.29, 1.82) is 0 Å². The third-order valence-corrected chi connectivity index (χ3v) is 3.85. The van der Waals surface area contributed by atoms with Crippen molar-refractivity contribution in [3.05, 3.63) is 52.3 Å². The third kappa shape index (κ3) is 1.66. The molecule has 0 saturated carbocycles. The van der Waals surface area contributed by atoms with E-state index in [9.17, 15) is 9.59 Å². The van der Waals surface area contributed by atoms with Crippen LogP contribution in [0.1, 0.15) is 37.7 Å². The lowest BCUT2D eigenvalue weighted by atomic mass is 10.1. The fourth-order valence-corrected chi connectivity index (χ4v) is 2.59. The van der Waals surface area contributed by atoms with Crippen LogP contribution in [0.2, 0.25) is 0 Å². The zero-order valence-corrected chi connectivity index (χ0v) is 11.7. The van der Waals surface area contributed by atoms with Gasteiger partial charge in [-0.3, -0.25) is 19.2 Å². The summed E-state index contributed by atoms with van der Waals surface area (Å²) in [5, 5.41) is 4.32. The summed E-state index contributed by atoms with van der Waals surface area (Å²) >= 11 is 0. The molecule has 0 atom stereocenters. The number of hydrogen-bond donors (Lipinski definition) is 0. The number of aromatic nitrogens is 2. The van der Waals surface area contributed by atoms with Gasteiger partial charge < -0.3 is 0 Å². The smallest absolute Gasteiger partial charge is 0.261 e. The highest BCUT2D eigenvalue weighted by atomic mass is 16.2. The molecular weight excluding hydrogens is 254 g/mol. The summed E-state index contributed by atoms with van der Waals surface area (Å²) in [7, 11) is 1.86. The van der Waals surface area contributed by atoms with E-state index in [4.69, 9.17) is 0 Å². The molecule has 5 heteroatoms. The largest absolute Gasteiger partial charge is 0.272 e. The Kier molecular flexibility index (Phi) is 2.71. The topological polar surface area (TPSA) is 55.2 Å². The number of carbonyl (C=O) groups is 2. The van der Waals surface area contributed by atoms with E-state index >= 15 is 0 Å². The van der Waals surface area contributed by atoms with Gasteiger partial charge in [-0.1, -0.05) is 12.1 Å². The monoisotopic (exact) mass is 269 g/mol. The summed E-state index contributed by atoms with van der Waals surface area (Å²) in [4.78, 5) is 25.9. The molecule has 0 aliphatic carbocycles. The molecule has 20 heavy (non-hydrogen) atoms. The maximum atomic E-state index is 12.3. The Balaban J connectivity index is 1.98. The van der Waals surface area contributed by atoms with Crippen LogP contribution in [0.5, 0.6) is 0 Å². The van der Waals surface area contributed by atoms with E-state index in [-0.39, 0.29) is 18.4 Å². The van der Waals surface area contributed by atoms with E-state index in [0.717, 1.165) is 17.0 Å². The maximum absolute atomic E-state index is 12.3. The summed E-state index contributed by atoms with van der Waals surface area (Å²) in [5.41, 5.74) is 3.72. The van der Waals surface area contributed by atoms with Gasteiger partial charge in [-0.15, -0.1) is 0 Å². The first-order valence-electron chi connectivity index (χ1n) is 6.45. The zero-order valence-electron chi connectivity index (χ0n) is 11.7. The highest BCUT2D eigenvalue weighted by Crippen LogP contribution is 2.25. The van der Waals surface area contributed by atoms with Crippen LogP contribution in [-0.4, -0.2) is 26.5 Å². The molecule has 0 spiro atoms. The lowest BCUT2D eigenvalue weighted by molar-refractivity contribution is 0.0642. The minimum Gasteiger partial charge on any atom is -0.272 e. The molecule has 5 nitrogen and oxygen atoms in total. The van der Waals surface area contributed by atoms with Gasteiger partial charge in [0, 0.05) is 18.3 Å². The Morgan fingerprint density at radius 1 is 1.05 bits per heavy atom. The number of rotatable bonds is 2. The normalized spacial score (nSPS) is 14.1. The van der Waals surface area contributed by atoms with Crippen molar-refractivity contribution in [2.75, 3.05) is 0 Å². The molecule has 1 aromatic carbocycles. The van der Waals surface area contributed by atoms with E-state index in [1.165, 1.54) is 4.90 Å². The Labute approximate surface area is 116 Å². The summed E-state index contributed by atoms with van der Waals surface area (Å²) in [5.74, 6) is -0.457. The first-order valence-corrected chi connectivity index (χ1v) is 6.45. The molecule has 0 saturated heterocycles. The number of nitrogens with zero attached hydrogens (tertiary/aromatic N) is 3. The lowest BCUT2D eigenvalue weighted by Crippen LogP contribution is -2.29. The number of aryl methyl sites for hydroxylation is 2. The van der Waals surface area contributed by atoms with Gasteiger partial charge in [0.15, 0.2) is 0 Å². The van der Waals surface area contributed by atoms with Gasteiger partial charge in [-0.25, -0.2) is 0 Å².